The Morgan fingerprint density at radius 2 is 2.35 bits per heavy atom. The summed E-state index contributed by atoms with van der Waals surface area (Å²) in [5.74, 6) is 4.71. The number of nitrogens with one attached hydrogen (secondary N) is 1. The van der Waals surface area contributed by atoms with Gasteiger partial charge in [0, 0.05) is 30.6 Å². The van der Waals surface area contributed by atoms with E-state index < -0.39 is 0 Å². The van der Waals surface area contributed by atoms with Crippen molar-refractivity contribution < 1.29 is 0 Å². The molecule has 98 valence electrons. The average Bonchev–Trinajstić information content (AvgIpc) is 2.34. The van der Waals surface area contributed by atoms with Gasteiger partial charge < -0.3 is 10.2 Å². The first-order valence-corrected chi connectivity index (χ1v) is 6.95. The zero-order valence-corrected chi connectivity index (χ0v) is 13.8. The summed E-state index contributed by atoms with van der Waals surface area (Å²) in [4.78, 5) is 6.74. The van der Waals surface area contributed by atoms with E-state index in [1.807, 2.05) is 0 Å². The molecule has 1 aliphatic heterocycles. The molecule has 0 aromatic rings. The fourth-order valence-corrected chi connectivity index (χ4v) is 2.89. The van der Waals surface area contributed by atoms with Crippen LogP contribution in [0, 0.1) is 12.3 Å². The number of hydrogen-bond donors (Lipinski definition) is 1. The molecule has 0 saturated carbocycles. The van der Waals surface area contributed by atoms with Gasteiger partial charge in [-0.1, -0.05) is 12.8 Å². The van der Waals surface area contributed by atoms with Crippen molar-refractivity contribution in [1.82, 2.24) is 10.2 Å². The molecule has 1 heterocycles. The highest BCUT2D eigenvalue weighted by atomic mass is 127. The molecule has 1 aliphatic rings. The van der Waals surface area contributed by atoms with Gasteiger partial charge in [0.1, 0.15) is 6.54 Å². The van der Waals surface area contributed by atoms with E-state index in [9.17, 15) is 0 Å². The lowest BCUT2D eigenvalue weighted by atomic mass is 10.3. The van der Waals surface area contributed by atoms with Gasteiger partial charge in [-0.2, -0.15) is 11.8 Å². The number of hydrogen-bond acceptors (Lipinski definition) is 2. The number of halogens is 1. The summed E-state index contributed by atoms with van der Waals surface area (Å²) in [5, 5.41) is 4.03. The topological polar surface area (TPSA) is 27.6 Å². The van der Waals surface area contributed by atoms with Crippen molar-refractivity contribution in [2.75, 3.05) is 31.9 Å². The molecule has 5 heteroatoms. The maximum atomic E-state index is 5.25. The molecule has 1 atom stereocenters. The Bertz CT molecular complexity index is 275. The zero-order chi connectivity index (χ0) is 11.8. The molecule has 0 bridgehead atoms. The van der Waals surface area contributed by atoms with Crippen LogP contribution < -0.4 is 5.32 Å². The second kappa shape index (κ2) is 9.89. The first kappa shape index (κ1) is 16.9. The third-order valence-corrected chi connectivity index (χ3v) is 3.92. The Hall–Kier alpha value is -0.0900. The Balaban J connectivity index is 0.00000256. The van der Waals surface area contributed by atoms with E-state index in [1.54, 1.807) is 0 Å². The van der Waals surface area contributed by atoms with Crippen molar-refractivity contribution in [3.8, 4) is 12.3 Å². The third kappa shape index (κ3) is 5.87. The van der Waals surface area contributed by atoms with Gasteiger partial charge in [-0.15, -0.1) is 30.4 Å². The molecule has 1 unspecified atom stereocenters. The van der Waals surface area contributed by atoms with E-state index in [2.05, 4.69) is 46.7 Å². The lowest BCUT2D eigenvalue weighted by Gasteiger charge is -2.34. The van der Waals surface area contributed by atoms with E-state index >= 15 is 0 Å². The fourth-order valence-electron chi connectivity index (χ4n) is 1.71. The summed E-state index contributed by atoms with van der Waals surface area (Å²) in [6.07, 6.45) is 6.47. The van der Waals surface area contributed by atoms with Crippen LogP contribution in [0.5, 0.6) is 0 Å². The van der Waals surface area contributed by atoms with Gasteiger partial charge in [-0.05, 0) is 13.3 Å². The zero-order valence-electron chi connectivity index (χ0n) is 10.6. The minimum Gasteiger partial charge on any atom is -0.356 e. The molecule has 17 heavy (non-hydrogen) atoms. The largest absolute Gasteiger partial charge is 0.356 e. The Kier molecular flexibility index (Phi) is 9.84. The van der Waals surface area contributed by atoms with E-state index in [4.69, 9.17) is 6.42 Å². The molecule has 0 radical (unpaired) electrons. The number of nitrogens with zero attached hydrogens (tertiary/aromatic N) is 2. The van der Waals surface area contributed by atoms with E-state index in [-0.39, 0.29) is 24.0 Å². The predicted molar refractivity (Wildman–Crippen MR) is 88.3 cm³/mol. The van der Waals surface area contributed by atoms with E-state index in [0.29, 0.717) is 6.54 Å². The number of guanidine groups is 1. The molecule has 1 rings (SSSR count). The minimum absolute atomic E-state index is 0. The molecule has 1 N–H and O–H groups in total. The smallest absolute Gasteiger partial charge is 0.194 e. The van der Waals surface area contributed by atoms with Crippen LogP contribution in [0.3, 0.4) is 0 Å². The van der Waals surface area contributed by atoms with Crippen LogP contribution in [-0.4, -0.2) is 48.0 Å². The summed E-state index contributed by atoms with van der Waals surface area (Å²) in [6.45, 7) is 7.83. The van der Waals surface area contributed by atoms with Crippen LogP contribution >= 0.6 is 35.7 Å². The van der Waals surface area contributed by atoms with Gasteiger partial charge >= 0.3 is 0 Å². The lowest BCUT2D eigenvalue weighted by Crippen LogP contribution is -2.48. The van der Waals surface area contributed by atoms with Gasteiger partial charge in [-0.25, -0.2) is 4.99 Å². The number of terminal acetylenes is 1. The van der Waals surface area contributed by atoms with Crippen molar-refractivity contribution in [3.63, 3.8) is 0 Å². The van der Waals surface area contributed by atoms with Gasteiger partial charge in [0.25, 0.3) is 0 Å². The summed E-state index contributed by atoms with van der Waals surface area (Å²) in [5.41, 5.74) is 0. The molecule has 0 spiro atoms. The number of rotatable bonds is 3. The summed E-state index contributed by atoms with van der Waals surface area (Å²) < 4.78 is 0. The van der Waals surface area contributed by atoms with Gasteiger partial charge in [0.2, 0.25) is 0 Å². The maximum Gasteiger partial charge on any atom is 0.194 e. The molecule has 0 amide bonds. The maximum absolute atomic E-state index is 5.25. The molecule has 1 fully saturated rings. The molecule has 0 aromatic heterocycles. The molecular weight excluding hydrogens is 345 g/mol. The second-order valence-electron chi connectivity index (χ2n) is 3.72. The molecule has 1 saturated heterocycles. The highest BCUT2D eigenvalue weighted by Crippen LogP contribution is 2.20. The summed E-state index contributed by atoms with van der Waals surface area (Å²) >= 11 is 2.06. The number of thioether (sulfide) groups is 1. The molecule has 0 aliphatic carbocycles. The quantitative estimate of drug-likeness (QED) is 0.358. The standard InChI is InChI=1S/C12H21N3S.HI/c1-4-7-14-12(13-6-3)15-8-9-16-11(5-2)10-15;/h1,11H,5-10H2,2-3H3,(H,13,14);1H. The van der Waals surface area contributed by atoms with Crippen LogP contribution in [-0.2, 0) is 0 Å². The first-order valence-electron chi connectivity index (χ1n) is 5.90. The van der Waals surface area contributed by atoms with Gasteiger partial charge in [-0.3, -0.25) is 0 Å². The number of aliphatic imine (C=N–C) groups is 1. The molecule has 0 aromatic carbocycles. The minimum atomic E-state index is 0. The second-order valence-corrected chi connectivity index (χ2v) is 5.13. The lowest BCUT2D eigenvalue weighted by molar-refractivity contribution is 0.409. The van der Waals surface area contributed by atoms with Crippen molar-refractivity contribution in [1.29, 1.82) is 0 Å². The van der Waals surface area contributed by atoms with Crippen LogP contribution in [0.25, 0.3) is 0 Å². The van der Waals surface area contributed by atoms with Crippen LogP contribution in [0.2, 0.25) is 0 Å². The van der Waals surface area contributed by atoms with Gasteiger partial charge in [0.05, 0.1) is 0 Å². The predicted octanol–water partition coefficient (Wildman–Crippen LogP) is 2.03. The SMILES string of the molecule is C#CCN=C(NCC)N1CCSC(CC)C1.I. The van der Waals surface area contributed by atoms with Crippen LogP contribution in [0.15, 0.2) is 4.99 Å². The normalized spacial score (nSPS) is 20.4. The Labute approximate surface area is 126 Å². The monoisotopic (exact) mass is 367 g/mol. The first-order chi connectivity index (χ1) is 7.81. The van der Waals surface area contributed by atoms with Gasteiger partial charge in [0.15, 0.2) is 5.96 Å². The average molecular weight is 367 g/mol. The van der Waals surface area contributed by atoms with Crippen LogP contribution in [0.4, 0.5) is 0 Å². The fraction of sp³-hybridized carbons (Fsp3) is 0.750. The third-order valence-electron chi connectivity index (χ3n) is 2.55. The van der Waals surface area contributed by atoms with Crippen LogP contribution in [0.1, 0.15) is 20.3 Å². The van der Waals surface area contributed by atoms with E-state index in [1.165, 1.54) is 12.2 Å². The Morgan fingerprint density at radius 3 is 2.94 bits per heavy atom. The van der Waals surface area contributed by atoms with Crippen molar-refractivity contribution in [3.05, 3.63) is 0 Å². The Morgan fingerprint density at radius 1 is 1.59 bits per heavy atom. The van der Waals surface area contributed by atoms with Crippen molar-refractivity contribution >= 4 is 41.7 Å². The highest BCUT2D eigenvalue weighted by molar-refractivity contribution is 14.0. The van der Waals surface area contributed by atoms with E-state index in [0.717, 1.165) is 30.8 Å². The molecule has 3 nitrogen and oxygen atoms in total. The highest BCUT2D eigenvalue weighted by Gasteiger charge is 2.21. The van der Waals surface area contributed by atoms with Crippen molar-refractivity contribution in [2.24, 2.45) is 4.99 Å². The molecular formula is C12H22IN3S. The summed E-state index contributed by atoms with van der Waals surface area (Å²) in [7, 11) is 0. The van der Waals surface area contributed by atoms with Crippen molar-refractivity contribution in [2.45, 2.75) is 25.5 Å². The summed E-state index contributed by atoms with van der Waals surface area (Å²) in [6, 6.07) is 0.